The fraction of sp³-hybridized carbons (Fsp3) is 0.476. The van der Waals surface area contributed by atoms with E-state index in [4.69, 9.17) is 4.74 Å². The largest absolute Gasteiger partial charge is 0.444 e. The smallest absolute Gasteiger partial charge is 0.410 e. The first-order valence-corrected chi connectivity index (χ1v) is 10.9. The molecule has 2 N–H and O–H groups in total. The highest BCUT2D eigenvalue weighted by Crippen LogP contribution is 2.37. The van der Waals surface area contributed by atoms with E-state index in [0.29, 0.717) is 30.5 Å². The molecule has 0 saturated carbocycles. The van der Waals surface area contributed by atoms with Gasteiger partial charge in [0.05, 0.1) is 17.6 Å². The van der Waals surface area contributed by atoms with Crippen LogP contribution in [0.2, 0.25) is 0 Å². The lowest BCUT2D eigenvalue weighted by molar-refractivity contribution is 0.0159. The highest BCUT2D eigenvalue weighted by Gasteiger charge is 2.33. The van der Waals surface area contributed by atoms with E-state index >= 15 is 0 Å². The van der Waals surface area contributed by atoms with Crippen LogP contribution in [0.3, 0.4) is 0 Å². The van der Waals surface area contributed by atoms with Gasteiger partial charge in [0.1, 0.15) is 21.3 Å². The lowest BCUT2D eigenvalue weighted by Crippen LogP contribution is -2.55. The van der Waals surface area contributed by atoms with Crippen molar-refractivity contribution in [3.63, 3.8) is 0 Å². The molecule has 8 nitrogen and oxygen atoms in total. The topological polar surface area (TPSA) is 94.6 Å². The van der Waals surface area contributed by atoms with E-state index in [9.17, 15) is 9.90 Å². The van der Waals surface area contributed by atoms with Crippen LogP contribution in [0.25, 0.3) is 22.6 Å². The van der Waals surface area contributed by atoms with Crippen LogP contribution in [0.4, 0.5) is 9.80 Å². The Hall–Kier alpha value is -2.65. The molecule has 2 aromatic heterocycles. The Bertz CT molecular complexity index is 1020. The molecule has 1 aliphatic heterocycles. The molecule has 9 heteroatoms. The lowest BCUT2D eigenvalue weighted by Gasteiger charge is -2.40. The van der Waals surface area contributed by atoms with Gasteiger partial charge in [-0.3, -0.25) is 0 Å². The molecule has 1 aliphatic rings. The molecule has 0 spiro atoms. The molecule has 0 radical (unpaired) electrons. The summed E-state index contributed by atoms with van der Waals surface area (Å²) in [6, 6.07) is 7.83. The number of benzene rings is 1. The number of para-hydroxylation sites is 2. The first kappa shape index (κ1) is 20.6. The molecule has 4 rings (SSSR count). The van der Waals surface area contributed by atoms with E-state index in [2.05, 4.69) is 19.9 Å². The molecular formula is C21H27N5O3S. The number of piperazine rings is 1. The number of fused-ring (bicyclic) bond motifs is 1. The zero-order valence-electron chi connectivity index (χ0n) is 17.7. The third-order valence-corrected chi connectivity index (χ3v) is 6.05. The summed E-state index contributed by atoms with van der Waals surface area (Å²) in [5, 5.41) is 11.3. The molecule has 0 aliphatic carbocycles. The molecule has 1 amide bonds. The van der Waals surface area contributed by atoms with Crippen molar-refractivity contribution in [3.8, 4) is 11.5 Å². The van der Waals surface area contributed by atoms with Gasteiger partial charge >= 0.3 is 6.09 Å². The van der Waals surface area contributed by atoms with E-state index in [1.54, 1.807) is 4.90 Å². The van der Waals surface area contributed by atoms with Gasteiger partial charge in [-0.2, -0.15) is 0 Å². The second-order valence-corrected chi connectivity index (χ2v) is 9.55. The van der Waals surface area contributed by atoms with Gasteiger partial charge in [0, 0.05) is 25.7 Å². The molecule has 1 saturated heterocycles. The summed E-state index contributed by atoms with van der Waals surface area (Å²) in [7, 11) is 0. The first-order chi connectivity index (χ1) is 14.2. The van der Waals surface area contributed by atoms with Crippen molar-refractivity contribution in [2.75, 3.05) is 24.5 Å². The molecule has 160 valence electrons. The van der Waals surface area contributed by atoms with Crippen molar-refractivity contribution in [2.45, 2.75) is 45.9 Å². The fourth-order valence-electron chi connectivity index (χ4n) is 3.59. The van der Waals surface area contributed by atoms with Crippen LogP contribution in [0.15, 0.2) is 24.3 Å². The summed E-state index contributed by atoms with van der Waals surface area (Å²) in [5.74, 6) is 0.685. The second-order valence-electron chi connectivity index (χ2n) is 8.49. The van der Waals surface area contributed by atoms with E-state index in [-0.39, 0.29) is 18.7 Å². The lowest BCUT2D eigenvalue weighted by atomic mass is 10.2. The quantitative estimate of drug-likeness (QED) is 0.660. The molecule has 1 atom stereocenters. The minimum atomic E-state index is -0.518. The average molecular weight is 430 g/mol. The maximum atomic E-state index is 12.5. The molecule has 1 aromatic carbocycles. The number of imidazole rings is 1. The summed E-state index contributed by atoms with van der Waals surface area (Å²) in [5.41, 5.74) is 2.04. The van der Waals surface area contributed by atoms with E-state index in [0.717, 1.165) is 21.7 Å². The van der Waals surface area contributed by atoms with Crippen LogP contribution in [-0.4, -0.2) is 62.3 Å². The van der Waals surface area contributed by atoms with Crippen molar-refractivity contribution < 1.29 is 14.6 Å². The standard InChI is InChI=1S/C21H27N5O3S/c1-13-11-25(9-10-26(13)20(28)29-21(2,3)4)19-17(24-16(12-27)30-19)18-22-14-7-5-6-8-15(14)23-18/h5-8,13,27H,9-12H2,1-4H3,(H,22,23)/t13-/m1/s1. The minimum Gasteiger partial charge on any atom is -0.444 e. The van der Waals surface area contributed by atoms with Gasteiger partial charge in [-0.15, -0.1) is 0 Å². The molecular weight excluding hydrogens is 402 g/mol. The van der Waals surface area contributed by atoms with Crippen molar-refractivity contribution in [1.82, 2.24) is 19.9 Å². The molecule has 30 heavy (non-hydrogen) atoms. The number of aliphatic hydroxyl groups excluding tert-OH is 1. The van der Waals surface area contributed by atoms with Gasteiger partial charge in [-0.25, -0.2) is 14.8 Å². The Morgan fingerprint density at radius 2 is 2.07 bits per heavy atom. The Kier molecular flexibility index (Phi) is 5.42. The van der Waals surface area contributed by atoms with Gasteiger partial charge in [0.25, 0.3) is 0 Å². The number of ether oxygens (including phenoxy) is 1. The average Bonchev–Trinajstić information content (AvgIpc) is 3.30. The SMILES string of the molecule is C[C@@H]1CN(c2sc(CO)nc2-c2nc3ccccc3[nH]2)CCN1C(=O)OC(C)(C)C. The Morgan fingerprint density at radius 1 is 1.30 bits per heavy atom. The van der Waals surface area contributed by atoms with Crippen molar-refractivity contribution in [3.05, 3.63) is 29.3 Å². The summed E-state index contributed by atoms with van der Waals surface area (Å²) in [6.07, 6.45) is -0.285. The molecule has 1 fully saturated rings. The van der Waals surface area contributed by atoms with E-state index < -0.39 is 5.60 Å². The number of hydrogen-bond acceptors (Lipinski definition) is 7. The summed E-state index contributed by atoms with van der Waals surface area (Å²) < 4.78 is 5.55. The minimum absolute atomic E-state index is 0.0169. The Morgan fingerprint density at radius 3 is 2.73 bits per heavy atom. The van der Waals surface area contributed by atoms with Gasteiger partial charge in [0.2, 0.25) is 0 Å². The van der Waals surface area contributed by atoms with E-state index in [1.807, 2.05) is 52.0 Å². The first-order valence-electron chi connectivity index (χ1n) is 10.1. The van der Waals surface area contributed by atoms with Gasteiger partial charge in [-0.1, -0.05) is 23.5 Å². The van der Waals surface area contributed by atoms with Crippen LogP contribution in [0.1, 0.15) is 32.7 Å². The predicted octanol–water partition coefficient (Wildman–Crippen LogP) is 3.62. The molecule has 0 unspecified atom stereocenters. The number of nitrogens with one attached hydrogen (secondary N) is 1. The summed E-state index contributed by atoms with van der Waals surface area (Å²) >= 11 is 1.46. The third-order valence-electron chi connectivity index (χ3n) is 4.95. The number of carbonyl (C=O) groups excluding carboxylic acids is 1. The number of aromatic nitrogens is 3. The van der Waals surface area contributed by atoms with Crippen LogP contribution in [-0.2, 0) is 11.3 Å². The van der Waals surface area contributed by atoms with Crippen LogP contribution in [0.5, 0.6) is 0 Å². The molecule has 3 heterocycles. The normalized spacial score (nSPS) is 17.6. The number of hydrogen-bond donors (Lipinski definition) is 2. The molecule has 3 aromatic rings. The summed E-state index contributed by atoms with van der Waals surface area (Å²) in [4.78, 5) is 29.2. The van der Waals surface area contributed by atoms with Crippen molar-refractivity contribution in [1.29, 1.82) is 0 Å². The number of aromatic amines is 1. The zero-order chi connectivity index (χ0) is 21.5. The maximum Gasteiger partial charge on any atom is 0.410 e. The summed E-state index contributed by atoms with van der Waals surface area (Å²) in [6.45, 7) is 9.39. The Labute approximate surface area is 179 Å². The number of amides is 1. The predicted molar refractivity (Wildman–Crippen MR) is 118 cm³/mol. The van der Waals surface area contributed by atoms with Crippen LogP contribution < -0.4 is 4.90 Å². The number of aliphatic hydroxyl groups is 1. The number of thiazole rings is 1. The number of H-pyrrole nitrogens is 1. The highest BCUT2D eigenvalue weighted by atomic mass is 32.1. The number of rotatable bonds is 3. The van der Waals surface area contributed by atoms with Crippen molar-refractivity contribution >= 4 is 33.5 Å². The second kappa shape index (κ2) is 7.88. The maximum absolute atomic E-state index is 12.5. The zero-order valence-corrected chi connectivity index (χ0v) is 18.5. The number of nitrogens with zero attached hydrogens (tertiary/aromatic N) is 4. The number of anilines is 1. The van der Waals surface area contributed by atoms with Crippen LogP contribution >= 0.6 is 11.3 Å². The number of carbonyl (C=O) groups is 1. The van der Waals surface area contributed by atoms with Crippen molar-refractivity contribution in [2.24, 2.45) is 0 Å². The van der Waals surface area contributed by atoms with Gasteiger partial charge < -0.3 is 24.6 Å². The molecule has 0 bridgehead atoms. The Balaban J connectivity index is 1.59. The highest BCUT2D eigenvalue weighted by molar-refractivity contribution is 7.16. The van der Waals surface area contributed by atoms with Crippen LogP contribution in [0, 0.1) is 0 Å². The third kappa shape index (κ3) is 4.13. The monoisotopic (exact) mass is 429 g/mol. The van der Waals surface area contributed by atoms with E-state index in [1.165, 1.54) is 11.3 Å². The van der Waals surface area contributed by atoms with Gasteiger partial charge in [0.15, 0.2) is 5.82 Å². The fourth-order valence-corrected chi connectivity index (χ4v) is 4.55. The van der Waals surface area contributed by atoms with Gasteiger partial charge in [-0.05, 0) is 39.8 Å².